The average Bonchev–Trinajstić information content (AvgIpc) is 2.96. The molecule has 1 heterocycles. The van der Waals surface area contributed by atoms with E-state index in [9.17, 15) is 4.79 Å². The summed E-state index contributed by atoms with van der Waals surface area (Å²) in [5, 5.41) is 11.9. The molecule has 0 saturated carbocycles. The van der Waals surface area contributed by atoms with E-state index in [0.717, 1.165) is 27.2 Å². The number of aromatic nitrogens is 3. The number of rotatable bonds is 5. The number of halogens is 1. The first kappa shape index (κ1) is 17.7. The van der Waals surface area contributed by atoms with Gasteiger partial charge in [0.2, 0.25) is 5.91 Å². The molecule has 0 aliphatic carbocycles. The lowest BCUT2D eigenvalue weighted by molar-refractivity contribution is -0.113. The molecule has 0 spiro atoms. The first-order chi connectivity index (χ1) is 12.0. The minimum atomic E-state index is -0.0895. The predicted octanol–water partition coefficient (Wildman–Crippen LogP) is 4.38. The summed E-state index contributed by atoms with van der Waals surface area (Å²) in [5.41, 5.74) is 2.91. The highest BCUT2D eigenvalue weighted by Crippen LogP contribution is 2.24. The van der Waals surface area contributed by atoms with E-state index in [-0.39, 0.29) is 11.7 Å². The molecule has 0 radical (unpaired) electrons. The van der Waals surface area contributed by atoms with Crippen LogP contribution in [0.4, 0.5) is 5.69 Å². The van der Waals surface area contributed by atoms with E-state index in [0.29, 0.717) is 5.16 Å². The normalized spacial score (nSPS) is 10.7. The Hall–Kier alpha value is -2.12. The number of amides is 1. The van der Waals surface area contributed by atoms with Crippen LogP contribution in [0, 0.1) is 13.8 Å². The second-order valence-corrected chi connectivity index (χ2v) is 7.32. The summed E-state index contributed by atoms with van der Waals surface area (Å²) in [4.78, 5) is 12.2. The van der Waals surface area contributed by atoms with Gasteiger partial charge in [0.25, 0.3) is 0 Å². The SMILES string of the molecule is Cc1cccc(-n2c(C)nnc2SCC(=O)Nc2ccccc2Br)c1. The predicted molar refractivity (Wildman–Crippen MR) is 104 cm³/mol. The van der Waals surface area contributed by atoms with Gasteiger partial charge in [0.05, 0.1) is 11.4 Å². The average molecular weight is 417 g/mol. The van der Waals surface area contributed by atoms with Crippen molar-refractivity contribution >= 4 is 39.3 Å². The first-order valence-electron chi connectivity index (χ1n) is 7.71. The third kappa shape index (κ3) is 4.29. The van der Waals surface area contributed by atoms with Gasteiger partial charge in [0.1, 0.15) is 5.82 Å². The smallest absolute Gasteiger partial charge is 0.234 e. The highest BCUT2D eigenvalue weighted by Gasteiger charge is 2.14. The molecule has 0 fully saturated rings. The molecule has 128 valence electrons. The molecule has 0 saturated heterocycles. The van der Waals surface area contributed by atoms with Crippen molar-refractivity contribution in [2.75, 3.05) is 11.1 Å². The van der Waals surface area contributed by atoms with Crippen molar-refractivity contribution in [2.45, 2.75) is 19.0 Å². The number of carbonyl (C=O) groups excluding carboxylic acids is 1. The van der Waals surface area contributed by atoms with Gasteiger partial charge in [-0.1, -0.05) is 36.0 Å². The second kappa shape index (κ2) is 7.84. The summed E-state index contributed by atoms with van der Waals surface area (Å²) in [6, 6.07) is 15.6. The Morgan fingerprint density at radius 1 is 1.16 bits per heavy atom. The molecule has 0 aliphatic heterocycles. The lowest BCUT2D eigenvalue weighted by Crippen LogP contribution is -2.15. The Bertz CT molecular complexity index is 910. The van der Waals surface area contributed by atoms with Gasteiger partial charge in [-0.2, -0.15) is 0 Å². The van der Waals surface area contributed by atoms with E-state index in [1.807, 2.05) is 60.9 Å². The number of aryl methyl sites for hydroxylation is 2. The molecule has 7 heteroatoms. The number of hydrogen-bond donors (Lipinski definition) is 1. The maximum atomic E-state index is 12.2. The van der Waals surface area contributed by atoms with E-state index >= 15 is 0 Å². The van der Waals surface area contributed by atoms with Crippen LogP contribution in [0.3, 0.4) is 0 Å². The Morgan fingerprint density at radius 3 is 2.72 bits per heavy atom. The van der Waals surface area contributed by atoms with Gasteiger partial charge in [-0.25, -0.2) is 0 Å². The maximum Gasteiger partial charge on any atom is 0.234 e. The van der Waals surface area contributed by atoms with Gasteiger partial charge < -0.3 is 5.32 Å². The van der Waals surface area contributed by atoms with Crippen molar-refractivity contribution in [2.24, 2.45) is 0 Å². The van der Waals surface area contributed by atoms with Crippen LogP contribution in [0.15, 0.2) is 58.2 Å². The number of carbonyl (C=O) groups is 1. The number of benzene rings is 2. The van der Waals surface area contributed by atoms with Crippen LogP contribution >= 0.6 is 27.7 Å². The Labute approximate surface area is 159 Å². The lowest BCUT2D eigenvalue weighted by atomic mass is 10.2. The fourth-order valence-corrected chi connectivity index (χ4v) is 3.56. The molecule has 0 aliphatic rings. The molecule has 1 N–H and O–H groups in total. The van der Waals surface area contributed by atoms with Crippen LogP contribution in [0.5, 0.6) is 0 Å². The van der Waals surface area contributed by atoms with E-state index in [1.54, 1.807) is 0 Å². The Morgan fingerprint density at radius 2 is 1.96 bits per heavy atom. The highest BCUT2D eigenvalue weighted by atomic mass is 79.9. The number of hydrogen-bond acceptors (Lipinski definition) is 4. The van der Waals surface area contributed by atoms with Crippen LogP contribution in [-0.2, 0) is 4.79 Å². The second-order valence-electron chi connectivity index (χ2n) is 5.52. The molecule has 25 heavy (non-hydrogen) atoms. The summed E-state index contributed by atoms with van der Waals surface area (Å²) < 4.78 is 2.82. The summed E-state index contributed by atoms with van der Waals surface area (Å²) in [6.45, 7) is 3.95. The van der Waals surface area contributed by atoms with Gasteiger partial charge in [-0.3, -0.25) is 9.36 Å². The van der Waals surface area contributed by atoms with Crippen molar-refractivity contribution in [3.8, 4) is 5.69 Å². The molecule has 2 aromatic carbocycles. The fraction of sp³-hybridized carbons (Fsp3) is 0.167. The minimum absolute atomic E-state index is 0.0895. The van der Waals surface area contributed by atoms with Crippen molar-refractivity contribution < 1.29 is 4.79 Å². The topological polar surface area (TPSA) is 59.8 Å². The molecule has 3 rings (SSSR count). The van der Waals surface area contributed by atoms with E-state index in [1.165, 1.54) is 11.8 Å². The van der Waals surface area contributed by atoms with Gasteiger partial charge in [0.15, 0.2) is 5.16 Å². The number of nitrogens with one attached hydrogen (secondary N) is 1. The maximum absolute atomic E-state index is 12.2. The van der Waals surface area contributed by atoms with E-state index < -0.39 is 0 Å². The molecular formula is C18H17BrN4OS. The van der Waals surface area contributed by atoms with Crippen molar-refractivity contribution in [1.29, 1.82) is 0 Å². The molecule has 5 nitrogen and oxygen atoms in total. The third-order valence-electron chi connectivity index (χ3n) is 3.54. The summed E-state index contributed by atoms with van der Waals surface area (Å²) in [5.74, 6) is 0.957. The van der Waals surface area contributed by atoms with Crippen LogP contribution < -0.4 is 5.32 Å². The highest BCUT2D eigenvalue weighted by molar-refractivity contribution is 9.10. The van der Waals surface area contributed by atoms with E-state index in [2.05, 4.69) is 37.5 Å². The molecule has 0 atom stereocenters. The largest absolute Gasteiger partial charge is 0.324 e. The van der Waals surface area contributed by atoms with Gasteiger partial charge in [-0.05, 0) is 59.6 Å². The number of para-hydroxylation sites is 1. The van der Waals surface area contributed by atoms with Gasteiger partial charge >= 0.3 is 0 Å². The zero-order valence-electron chi connectivity index (χ0n) is 13.9. The van der Waals surface area contributed by atoms with Crippen LogP contribution in [0.1, 0.15) is 11.4 Å². The molecule has 3 aromatic rings. The minimum Gasteiger partial charge on any atom is -0.324 e. The molecule has 1 aromatic heterocycles. The number of thioether (sulfide) groups is 1. The molecule has 0 bridgehead atoms. The van der Waals surface area contributed by atoms with E-state index in [4.69, 9.17) is 0 Å². The monoisotopic (exact) mass is 416 g/mol. The summed E-state index contributed by atoms with van der Waals surface area (Å²) in [7, 11) is 0. The lowest BCUT2D eigenvalue weighted by Gasteiger charge is -2.10. The van der Waals surface area contributed by atoms with Gasteiger partial charge in [0, 0.05) is 10.2 Å². The quantitative estimate of drug-likeness (QED) is 0.626. The summed E-state index contributed by atoms with van der Waals surface area (Å²) >= 11 is 4.79. The standard InChI is InChI=1S/C18H17BrN4OS/c1-12-6-5-7-14(10-12)23-13(2)21-22-18(23)25-11-17(24)20-16-9-4-3-8-15(16)19/h3-10H,11H2,1-2H3,(H,20,24). The summed E-state index contributed by atoms with van der Waals surface area (Å²) in [6.07, 6.45) is 0. The third-order valence-corrected chi connectivity index (χ3v) is 5.16. The van der Waals surface area contributed by atoms with Crippen molar-refractivity contribution in [1.82, 2.24) is 14.8 Å². The van der Waals surface area contributed by atoms with Crippen LogP contribution in [0.25, 0.3) is 5.69 Å². The van der Waals surface area contributed by atoms with Crippen LogP contribution in [0.2, 0.25) is 0 Å². The number of anilines is 1. The zero-order valence-corrected chi connectivity index (χ0v) is 16.3. The van der Waals surface area contributed by atoms with Crippen molar-refractivity contribution in [3.05, 3.63) is 64.4 Å². The Balaban J connectivity index is 1.72. The van der Waals surface area contributed by atoms with Gasteiger partial charge in [-0.15, -0.1) is 10.2 Å². The molecule has 1 amide bonds. The first-order valence-corrected chi connectivity index (χ1v) is 9.48. The zero-order chi connectivity index (χ0) is 17.8. The Kier molecular flexibility index (Phi) is 5.55. The number of nitrogens with zero attached hydrogens (tertiary/aromatic N) is 3. The molecule has 0 unspecified atom stereocenters. The van der Waals surface area contributed by atoms with Crippen LogP contribution in [-0.4, -0.2) is 26.4 Å². The molecular weight excluding hydrogens is 400 g/mol. The fourth-order valence-electron chi connectivity index (χ4n) is 2.38. The van der Waals surface area contributed by atoms with Crippen molar-refractivity contribution in [3.63, 3.8) is 0 Å².